The van der Waals surface area contributed by atoms with Gasteiger partial charge in [0.15, 0.2) is 6.20 Å². The first kappa shape index (κ1) is 5.51. The second-order valence-electron chi connectivity index (χ2n) is 1.52. The van der Waals surface area contributed by atoms with Gasteiger partial charge in [-0.2, -0.15) is 0 Å². The molecule has 1 heterocycles. The molecule has 1 aromatic heterocycles. The standard InChI is InChI=1S/C5H5ClN2/c1-4-7-2-5(6)3-8-4/h2-3H,1H3/p+1. The van der Waals surface area contributed by atoms with E-state index in [0.717, 1.165) is 5.82 Å². The summed E-state index contributed by atoms with van der Waals surface area (Å²) in [5.74, 6) is 0.870. The number of nitrogens with one attached hydrogen (secondary N) is 1. The topological polar surface area (TPSA) is 27.0 Å². The first-order valence-electron chi connectivity index (χ1n) is 2.29. The Bertz CT molecular complexity index is 149. The van der Waals surface area contributed by atoms with E-state index in [1.54, 1.807) is 12.4 Å². The molecular weight excluding hydrogens is 124 g/mol. The first-order valence-corrected chi connectivity index (χ1v) is 2.66. The van der Waals surface area contributed by atoms with Crippen LogP contribution in [0.5, 0.6) is 0 Å². The van der Waals surface area contributed by atoms with Crippen molar-refractivity contribution in [3.8, 4) is 0 Å². The molecule has 2 nitrogen and oxygen atoms in total. The van der Waals surface area contributed by atoms with Gasteiger partial charge in [0.2, 0.25) is 0 Å². The van der Waals surface area contributed by atoms with E-state index in [2.05, 4.69) is 9.97 Å². The molecule has 42 valence electrons. The predicted octanol–water partition coefficient (Wildman–Crippen LogP) is 0.858. The molecule has 0 atom stereocenters. The highest BCUT2D eigenvalue weighted by Crippen LogP contribution is 1.98. The van der Waals surface area contributed by atoms with Gasteiger partial charge in [-0.05, 0) is 0 Å². The zero-order valence-corrected chi connectivity index (χ0v) is 5.24. The summed E-state index contributed by atoms with van der Waals surface area (Å²) in [6.07, 6.45) is 3.30. The smallest absolute Gasteiger partial charge is 0.247 e. The van der Waals surface area contributed by atoms with E-state index in [-0.39, 0.29) is 0 Å². The van der Waals surface area contributed by atoms with Gasteiger partial charge in [-0.15, -0.1) is 0 Å². The fourth-order valence-corrected chi connectivity index (χ4v) is 0.510. The van der Waals surface area contributed by atoms with Crippen LogP contribution < -0.4 is 4.98 Å². The van der Waals surface area contributed by atoms with Gasteiger partial charge in [-0.1, -0.05) is 16.6 Å². The first-order chi connectivity index (χ1) is 3.79. The highest BCUT2D eigenvalue weighted by molar-refractivity contribution is 6.30. The van der Waals surface area contributed by atoms with Crippen molar-refractivity contribution in [2.45, 2.75) is 6.92 Å². The summed E-state index contributed by atoms with van der Waals surface area (Å²) in [6.45, 7) is 1.87. The van der Waals surface area contributed by atoms with Gasteiger partial charge < -0.3 is 0 Å². The van der Waals surface area contributed by atoms with Gasteiger partial charge in [0.05, 0.1) is 0 Å². The Hall–Kier alpha value is -0.630. The van der Waals surface area contributed by atoms with Gasteiger partial charge in [-0.3, -0.25) is 0 Å². The second kappa shape index (κ2) is 2.09. The number of hydrogen-bond acceptors (Lipinski definition) is 1. The summed E-state index contributed by atoms with van der Waals surface area (Å²) >= 11 is 5.52. The van der Waals surface area contributed by atoms with Crippen LogP contribution in [0.2, 0.25) is 5.02 Å². The zero-order chi connectivity index (χ0) is 5.98. The van der Waals surface area contributed by atoms with Crippen LogP contribution in [0.4, 0.5) is 0 Å². The minimum Gasteiger partial charge on any atom is -0.247 e. The van der Waals surface area contributed by atoms with Crippen LogP contribution in [0.1, 0.15) is 5.82 Å². The molecule has 0 aliphatic rings. The number of halogens is 1. The third-order valence-corrected chi connectivity index (χ3v) is 1.01. The molecule has 0 radical (unpaired) electrons. The number of H-pyrrole nitrogens is 1. The molecule has 0 spiro atoms. The normalized spacial score (nSPS) is 9.25. The fraction of sp³-hybridized carbons (Fsp3) is 0.200. The van der Waals surface area contributed by atoms with Gasteiger partial charge >= 0.3 is 0 Å². The molecule has 0 saturated carbocycles. The third kappa shape index (κ3) is 1.17. The van der Waals surface area contributed by atoms with E-state index in [1.807, 2.05) is 6.92 Å². The average molecular weight is 130 g/mol. The number of rotatable bonds is 0. The van der Waals surface area contributed by atoms with Gasteiger partial charge in [0, 0.05) is 6.92 Å². The molecule has 1 N–H and O–H groups in total. The van der Waals surface area contributed by atoms with Crippen molar-refractivity contribution < 1.29 is 4.98 Å². The van der Waals surface area contributed by atoms with Crippen LogP contribution >= 0.6 is 11.6 Å². The van der Waals surface area contributed by atoms with Crippen molar-refractivity contribution >= 4 is 11.6 Å². The highest BCUT2D eigenvalue weighted by Gasteiger charge is 1.93. The van der Waals surface area contributed by atoms with Crippen molar-refractivity contribution in [2.24, 2.45) is 0 Å². The van der Waals surface area contributed by atoms with Crippen LogP contribution in [0.15, 0.2) is 12.4 Å². The average Bonchev–Trinajstić information content (AvgIpc) is 1.77. The van der Waals surface area contributed by atoms with Crippen molar-refractivity contribution in [1.29, 1.82) is 0 Å². The van der Waals surface area contributed by atoms with Gasteiger partial charge in [-0.25, -0.2) is 4.98 Å². The van der Waals surface area contributed by atoms with Gasteiger partial charge in [0.1, 0.15) is 11.2 Å². The van der Waals surface area contributed by atoms with E-state index in [4.69, 9.17) is 11.6 Å². The fourth-order valence-electron chi connectivity index (χ4n) is 0.406. The van der Waals surface area contributed by atoms with Crippen LogP contribution in [-0.2, 0) is 0 Å². The molecule has 1 aromatic rings. The number of nitrogens with zero attached hydrogens (tertiary/aromatic N) is 1. The maximum atomic E-state index is 5.52. The highest BCUT2D eigenvalue weighted by atomic mass is 35.5. The van der Waals surface area contributed by atoms with Crippen molar-refractivity contribution in [3.05, 3.63) is 23.2 Å². The lowest BCUT2D eigenvalue weighted by Crippen LogP contribution is -2.07. The van der Waals surface area contributed by atoms with E-state index in [1.165, 1.54) is 0 Å². The maximum Gasteiger partial charge on any atom is 0.293 e. The molecule has 0 fully saturated rings. The van der Waals surface area contributed by atoms with E-state index in [9.17, 15) is 0 Å². The van der Waals surface area contributed by atoms with Crippen molar-refractivity contribution in [3.63, 3.8) is 0 Å². The second-order valence-corrected chi connectivity index (χ2v) is 1.95. The predicted molar refractivity (Wildman–Crippen MR) is 30.5 cm³/mol. The molecule has 1 rings (SSSR count). The molecule has 0 bridgehead atoms. The number of aryl methyl sites for hydroxylation is 1. The summed E-state index contributed by atoms with van der Waals surface area (Å²) in [5.41, 5.74) is 0. The Morgan fingerprint density at radius 1 is 1.75 bits per heavy atom. The zero-order valence-electron chi connectivity index (χ0n) is 4.48. The number of aromatic nitrogens is 2. The number of aromatic amines is 1. The summed E-state index contributed by atoms with van der Waals surface area (Å²) in [7, 11) is 0. The summed E-state index contributed by atoms with van der Waals surface area (Å²) in [4.78, 5) is 6.75. The minimum absolute atomic E-state index is 0.635. The largest absolute Gasteiger partial charge is 0.293 e. The summed E-state index contributed by atoms with van der Waals surface area (Å²) in [6, 6.07) is 0. The Balaban J connectivity index is 3.03. The molecule has 0 aromatic carbocycles. The molecule has 3 heteroatoms. The van der Waals surface area contributed by atoms with E-state index in [0.29, 0.717) is 5.02 Å². The Kier molecular flexibility index (Phi) is 1.44. The monoisotopic (exact) mass is 129 g/mol. The molecule has 0 aliphatic heterocycles. The molecule has 8 heavy (non-hydrogen) atoms. The molecule has 0 unspecified atom stereocenters. The molecule has 0 saturated heterocycles. The Morgan fingerprint density at radius 2 is 2.50 bits per heavy atom. The Morgan fingerprint density at radius 3 is 2.88 bits per heavy atom. The summed E-state index contributed by atoms with van der Waals surface area (Å²) in [5, 5.41) is 0.635. The maximum absolute atomic E-state index is 5.52. The minimum atomic E-state index is 0.635. The number of hydrogen-bond donors (Lipinski definition) is 0. The van der Waals surface area contributed by atoms with E-state index < -0.39 is 0 Å². The van der Waals surface area contributed by atoms with Crippen LogP contribution in [0.25, 0.3) is 0 Å². The lowest BCUT2D eigenvalue weighted by molar-refractivity contribution is -0.392. The SMILES string of the molecule is Cc1ncc(Cl)c[nH+]1. The Labute approximate surface area is 52.5 Å². The van der Waals surface area contributed by atoms with Crippen molar-refractivity contribution in [1.82, 2.24) is 4.98 Å². The van der Waals surface area contributed by atoms with Crippen LogP contribution in [0, 0.1) is 6.92 Å². The quantitative estimate of drug-likeness (QED) is 0.511. The van der Waals surface area contributed by atoms with Crippen LogP contribution in [0.3, 0.4) is 0 Å². The lowest BCUT2D eigenvalue weighted by Gasteiger charge is -1.78. The summed E-state index contributed by atoms with van der Waals surface area (Å²) < 4.78 is 0. The third-order valence-electron chi connectivity index (χ3n) is 0.800. The molecular formula is C5H6ClN2+. The molecule has 0 aliphatic carbocycles. The van der Waals surface area contributed by atoms with Gasteiger partial charge in [0.25, 0.3) is 5.82 Å². The van der Waals surface area contributed by atoms with Crippen LogP contribution in [-0.4, -0.2) is 4.98 Å². The van der Waals surface area contributed by atoms with Crippen molar-refractivity contribution in [2.75, 3.05) is 0 Å². The van der Waals surface area contributed by atoms with E-state index >= 15 is 0 Å². The lowest BCUT2D eigenvalue weighted by atomic mass is 10.6. The molecule has 0 amide bonds.